The molecule has 0 spiro atoms. The second-order valence-electron chi connectivity index (χ2n) is 3.53. The number of carbonyl (C=O) groups is 1. The van der Waals surface area contributed by atoms with Crippen molar-refractivity contribution in [3.8, 4) is 17.7 Å². The van der Waals surface area contributed by atoms with Crippen molar-refractivity contribution in [3.63, 3.8) is 0 Å². The van der Waals surface area contributed by atoms with E-state index in [2.05, 4.69) is 21.2 Å². The van der Waals surface area contributed by atoms with E-state index in [-0.39, 0.29) is 6.10 Å². The zero-order valence-corrected chi connectivity index (χ0v) is 9.01. The van der Waals surface area contributed by atoms with Gasteiger partial charge in [-0.15, -0.1) is 0 Å². The van der Waals surface area contributed by atoms with Crippen LogP contribution in [0.2, 0.25) is 0 Å². The molecule has 0 amide bonds. The summed E-state index contributed by atoms with van der Waals surface area (Å²) < 4.78 is 5.59. The molecule has 0 radical (unpaired) electrons. The number of rotatable bonds is 2. The molecule has 1 fully saturated rings. The van der Waals surface area contributed by atoms with Gasteiger partial charge in [-0.25, -0.2) is 14.8 Å². The first-order valence-corrected chi connectivity index (χ1v) is 5.18. The van der Waals surface area contributed by atoms with E-state index in [1.165, 1.54) is 12.4 Å². The van der Waals surface area contributed by atoms with Crippen LogP contribution in [0.3, 0.4) is 0 Å². The lowest BCUT2D eigenvalue weighted by atomic mass is 10.3. The Hall–Kier alpha value is -2.13. The van der Waals surface area contributed by atoms with Crippen LogP contribution in [0.15, 0.2) is 12.4 Å². The van der Waals surface area contributed by atoms with Crippen LogP contribution in [-0.4, -0.2) is 40.2 Å². The van der Waals surface area contributed by atoms with Gasteiger partial charge < -0.3 is 15.2 Å². The van der Waals surface area contributed by atoms with E-state index in [0.29, 0.717) is 11.6 Å². The highest BCUT2D eigenvalue weighted by Crippen LogP contribution is 2.11. The van der Waals surface area contributed by atoms with E-state index in [9.17, 15) is 4.79 Å². The van der Waals surface area contributed by atoms with Gasteiger partial charge in [0, 0.05) is 18.5 Å². The van der Waals surface area contributed by atoms with Crippen molar-refractivity contribution in [2.75, 3.05) is 13.1 Å². The van der Waals surface area contributed by atoms with Gasteiger partial charge in [-0.2, -0.15) is 0 Å². The van der Waals surface area contributed by atoms with Crippen LogP contribution in [0.4, 0.5) is 0 Å². The summed E-state index contributed by atoms with van der Waals surface area (Å²) in [7, 11) is 0. The lowest BCUT2D eigenvalue weighted by Gasteiger charge is -2.10. The third-order valence-corrected chi connectivity index (χ3v) is 2.24. The number of carboxylic acid groups (broad SMARTS) is 1. The molecule has 0 aromatic carbocycles. The molecule has 6 nitrogen and oxygen atoms in total. The predicted molar refractivity (Wildman–Crippen MR) is 58.4 cm³/mol. The molecule has 1 saturated heterocycles. The number of nitrogens with zero attached hydrogens (tertiary/aromatic N) is 2. The van der Waals surface area contributed by atoms with Crippen LogP contribution in [0.5, 0.6) is 5.88 Å². The fraction of sp³-hybridized carbons (Fsp3) is 0.364. The highest BCUT2D eigenvalue weighted by molar-refractivity contribution is 5.87. The molecule has 88 valence electrons. The summed E-state index contributed by atoms with van der Waals surface area (Å²) in [6.45, 7) is 1.72. The molecular weight excluding hydrogens is 222 g/mol. The molecule has 0 saturated carbocycles. The van der Waals surface area contributed by atoms with Crippen molar-refractivity contribution in [1.29, 1.82) is 0 Å². The maximum absolute atomic E-state index is 10.3. The summed E-state index contributed by atoms with van der Waals surface area (Å²) >= 11 is 0. The Morgan fingerprint density at radius 2 is 2.47 bits per heavy atom. The van der Waals surface area contributed by atoms with Crippen molar-refractivity contribution < 1.29 is 14.6 Å². The van der Waals surface area contributed by atoms with Gasteiger partial charge in [0.25, 0.3) is 0 Å². The Balaban J connectivity index is 2.06. The summed E-state index contributed by atoms with van der Waals surface area (Å²) in [5.74, 6) is 3.64. The molecule has 2 N–H and O–H groups in total. The van der Waals surface area contributed by atoms with Crippen molar-refractivity contribution >= 4 is 5.97 Å². The summed E-state index contributed by atoms with van der Waals surface area (Å²) in [5, 5.41) is 11.6. The normalized spacial score (nSPS) is 18.2. The second-order valence-corrected chi connectivity index (χ2v) is 3.53. The third kappa shape index (κ3) is 3.43. The Morgan fingerprint density at radius 1 is 1.59 bits per heavy atom. The zero-order valence-electron chi connectivity index (χ0n) is 9.01. The Bertz CT molecular complexity index is 472. The number of aliphatic carboxylic acids is 1. The van der Waals surface area contributed by atoms with Crippen LogP contribution < -0.4 is 10.1 Å². The molecule has 1 unspecified atom stereocenters. The molecule has 1 aromatic rings. The van der Waals surface area contributed by atoms with E-state index in [1.807, 2.05) is 5.92 Å². The van der Waals surface area contributed by atoms with E-state index >= 15 is 0 Å². The fourth-order valence-corrected chi connectivity index (χ4v) is 1.49. The molecule has 2 heterocycles. The zero-order chi connectivity index (χ0) is 12.1. The monoisotopic (exact) mass is 233 g/mol. The van der Waals surface area contributed by atoms with Gasteiger partial charge >= 0.3 is 5.97 Å². The van der Waals surface area contributed by atoms with E-state index < -0.39 is 5.97 Å². The van der Waals surface area contributed by atoms with Gasteiger partial charge in [-0.1, -0.05) is 0 Å². The SMILES string of the molecule is O=C(O)C#Cc1cc(OC2CCNC2)ncn1. The number of ether oxygens (including phenoxy) is 1. The van der Waals surface area contributed by atoms with Gasteiger partial charge in [0.05, 0.1) is 0 Å². The lowest BCUT2D eigenvalue weighted by molar-refractivity contribution is -0.130. The van der Waals surface area contributed by atoms with Crippen LogP contribution in [0.1, 0.15) is 12.1 Å². The first-order chi connectivity index (χ1) is 8.24. The van der Waals surface area contributed by atoms with Gasteiger partial charge in [-0.05, 0) is 18.9 Å². The number of hydrogen-bond donors (Lipinski definition) is 2. The molecule has 1 aliphatic rings. The van der Waals surface area contributed by atoms with Crippen molar-refractivity contribution in [3.05, 3.63) is 18.1 Å². The highest BCUT2D eigenvalue weighted by atomic mass is 16.5. The minimum absolute atomic E-state index is 0.102. The predicted octanol–water partition coefficient (Wildman–Crippen LogP) is -0.347. The summed E-state index contributed by atoms with van der Waals surface area (Å²) in [4.78, 5) is 18.1. The molecule has 1 aliphatic heterocycles. The quantitative estimate of drug-likeness (QED) is 0.679. The average molecular weight is 233 g/mol. The number of nitrogens with one attached hydrogen (secondary N) is 1. The Morgan fingerprint density at radius 3 is 3.18 bits per heavy atom. The molecule has 1 aromatic heterocycles. The lowest BCUT2D eigenvalue weighted by Crippen LogP contribution is -2.20. The van der Waals surface area contributed by atoms with E-state index in [1.54, 1.807) is 0 Å². The topological polar surface area (TPSA) is 84.3 Å². The van der Waals surface area contributed by atoms with E-state index in [4.69, 9.17) is 9.84 Å². The maximum Gasteiger partial charge on any atom is 0.382 e. The summed E-state index contributed by atoms with van der Waals surface area (Å²) in [6.07, 6.45) is 2.34. The third-order valence-electron chi connectivity index (χ3n) is 2.24. The van der Waals surface area contributed by atoms with Crippen LogP contribution in [0.25, 0.3) is 0 Å². The molecule has 6 heteroatoms. The summed E-state index contributed by atoms with van der Waals surface area (Å²) in [6, 6.07) is 1.54. The fourth-order valence-electron chi connectivity index (χ4n) is 1.49. The number of hydrogen-bond acceptors (Lipinski definition) is 5. The first kappa shape index (κ1) is 11.4. The minimum atomic E-state index is -1.19. The van der Waals surface area contributed by atoms with E-state index in [0.717, 1.165) is 19.5 Å². The van der Waals surface area contributed by atoms with Gasteiger partial charge in [0.1, 0.15) is 18.1 Å². The van der Waals surface area contributed by atoms with Crippen molar-refractivity contribution in [2.45, 2.75) is 12.5 Å². The number of carboxylic acids is 1. The summed E-state index contributed by atoms with van der Waals surface area (Å²) in [5.41, 5.74) is 0.336. The molecule has 0 bridgehead atoms. The van der Waals surface area contributed by atoms with Crippen LogP contribution >= 0.6 is 0 Å². The standard InChI is InChI=1S/C11H11N3O3/c15-11(16)2-1-8-5-10(14-7-13-8)17-9-3-4-12-6-9/h5,7,9,12H,3-4,6H2,(H,15,16). The number of aromatic nitrogens is 2. The molecule has 1 atom stereocenters. The molecule has 2 rings (SSSR count). The minimum Gasteiger partial charge on any atom is -0.473 e. The van der Waals surface area contributed by atoms with Crippen molar-refractivity contribution in [2.24, 2.45) is 0 Å². The first-order valence-electron chi connectivity index (χ1n) is 5.18. The van der Waals surface area contributed by atoms with Gasteiger partial charge in [0.2, 0.25) is 5.88 Å². The Kier molecular flexibility index (Phi) is 3.52. The highest BCUT2D eigenvalue weighted by Gasteiger charge is 2.16. The Labute approximate surface area is 98.0 Å². The average Bonchev–Trinajstić information content (AvgIpc) is 2.80. The van der Waals surface area contributed by atoms with Crippen molar-refractivity contribution in [1.82, 2.24) is 15.3 Å². The van der Waals surface area contributed by atoms with Gasteiger partial charge in [-0.3, -0.25) is 0 Å². The second kappa shape index (κ2) is 5.27. The van der Waals surface area contributed by atoms with Crippen LogP contribution in [-0.2, 0) is 4.79 Å². The maximum atomic E-state index is 10.3. The molecule has 0 aliphatic carbocycles. The van der Waals surface area contributed by atoms with Crippen LogP contribution in [0, 0.1) is 11.8 Å². The molecular formula is C11H11N3O3. The largest absolute Gasteiger partial charge is 0.473 e. The molecule has 17 heavy (non-hydrogen) atoms. The van der Waals surface area contributed by atoms with Gasteiger partial charge in [0.15, 0.2) is 0 Å². The smallest absolute Gasteiger partial charge is 0.382 e.